The Hall–Kier alpha value is -2.58. The molecule has 0 fully saturated rings. The molecule has 0 radical (unpaired) electrons. The van der Waals surface area contributed by atoms with Crippen LogP contribution in [0, 0.1) is 0 Å². The summed E-state index contributed by atoms with van der Waals surface area (Å²) in [6, 6.07) is 12.0. The number of amides is 1. The number of nitrogens with two attached hydrogens (primary N) is 1. The number of nitrogens with zero attached hydrogens (tertiary/aromatic N) is 2. The molecule has 0 aromatic heterocycles. The third-order valence-electron chi connectivity index (χ3n) is 5.07. The Morgan fingerprint density at radius 1 is 1.24 bits per heavy atom. The van der Waals surface area contributed by atoms with E-state index in [9.17, 15) is 13.2 Å². The molecule has 1 unspecified atom stereocenters. The van der Waals surface area contributed by atoms with Crippen molar-refractivity contribution >= 4 is 45.5 Å². The third kappa shape index (κ3) is 3.95. The van der Waals surface area contributed by atoms with Crippen molar-refractivity contribution in [1.82, 2.24) is 4.72 Å². The maximum absolute atomic E-state index is 12.9. The molecule has 0 saturated carbocycles. The lowest BCUT2D eigenvalue weighted by molar-refractivity contribution is -0.118. The molecule has 2 aliphatic heterocycles. The van der Waals surface area contributed by atoms with Crippen molar-refractivity contribution in [3.8, 4) is 0 Å². The van der Waals surface area contributed by atoms with Gasteiger partial charge in [0, 0.05) is 29.9 Å². The zero-order valence-corrected chi connectivity index (χ0v) is 17.6. The number of amidine groups is 1. The molecule has 1 amide bonds. The SMILES string of the molecule is CC(CC(=O)N1CCCc2c(N)cccc21)N=C1NS(=O)(=O)c2ccccc21.Cl. The minimum Gasteiger partial charge on any atom is -0.398 e. The van der Waals surface area contributed by atoms with Crippen molar-refractivity contribution in [1.29, 1.82) is 0 Å². The third-order valence-corrected chi connectivity index (χ3v) is 6.47. The molecule has 9 heteroatoms. The van der Waals surface area contributed by atoms with E-state index in [1.54, 1.807) is 29.2 Å². The topological polar surface area (TPSA) is 105 Å². The average molecular weight is 435 g/mol. The Labute approximate surface area is 176 Å². The Bertz CT molecular complexity index is 1080. The highest BCUT2D eigenvalue weighted by Crippen LogP contribution is 2.32. The van der Waals surface area contributed by atoms with Crippen molar-refractivity contribution < 1.29 is 13.2 Å². The molecule has 2 aliphatic rings. The van der Waals surface area contributed by atoms with Crippen LogP contribution in [0.15, 0.2) is 52.4 Å². The highest BCUT2D eigenvalue weighted by Gasteiger charge is 2.31. The number of carbonyl (C=O) groups is 1. The monoisotopic (exact) mass is 434 g/mol. The minimum absolute atomic E-state index is 0. The summed E-state index contributed by atoms with van der Waals surface area (Å²) in [4.78, 5) is 19.4. The lowest BCUT2D eigenvalue weighted by Crippen LogP contribution is -2.37. The van der Waals surface area contributed by atoms with Crippen molar-refractivity contribution in [2.24, 2.45) is 4.99 Å². The van der Waals surface area contributed by atoms with Crippen LogP contribution in [0.1, 0.15) is 30.9 Å². The lowest BCUT2D eigenvalue weighted by atomic mass is 9.99. The number of hydrogen-bond donors (Lipinski definition) is 2. The van der Waals surface area contributed by atoms with Crippen LogP contribution in [0.4, 0.5) is 11.4 Å². The molecule has 0 spiro atoms. The van der Waals surface area contributed by atoms with Crippen LogP contribution in [0.5, 0.6) is 0 Å². The van der Waals surface area contributed by atoms with Crippen LogP contribution in [0.3, 0.4) is 0 Å². The molecule has 0 saturated heterocycles. The zero-order valence-electron chi connectivity index (χ0n) is 16.0. The molecular formula is C20H23ClN4O3S. The molecule has 1 atom stereocenters. The minimum atomic E-state index is -3.58. The summed E-state index contributed by atoms with van der Waals surface area (Å²) < 4.78 is 26.9. The number of benzene rings is 2. The van der Waals surface area contributed by atoms with Gasteiger partial charge in [-0.3, -0.25) is 14.5 Å². The van der Waals surface area contributed by atoms with E-state index in [0.29, 0.717) is 23.6 Å². The molecule has 2 heterocycles. The fourth-order valence-electron chi connectivity index (χ4n) is 3.77. The molecule has 3 N–H and O–H groups in total. The fourth-order valence-corrected chi connectivity index (χ4v) is 5.01. The molecule has 154 valence electrons. The molecule has 4 rings (SSSR count). The van der Waals surface area contributed by atoms with E-state index in [1.165, 1.54) is 0 Å². The number of hydrogen-bond acceptors (Lipinski definition) is 5. The number of nitrogen functional groups attached to an aromatic ring is 1. The lowest BCUT2D eigenvalue weighted by Gasteiger charge is -2.30. The van der Waals surface area contributed by atoms with E-state index in [-0.39, 0.29) is 35.7 Å². The van der Waals surface area contributed by atoms with Crippen molar-refractivity contribution in [3.05, 3.63) is 53.6 Å². The molecule has 7 nitrogen and oxygen atoms in total. The molecule has 0 bridgehead atoms. The first-order chi connectivity index (χ1) is 13.4. The van der Waals surface area contributed by atoms with Gasteiger partial charge in [0.2, 0.25) is 5.91 Å². The second kappa shape index (κ2) is 8.04. The number of sulfonamides is 1. The Morgan fingerprint density at radius 3 is 2.79 bits per heavy atom. The van der Waals surface area contributed by atoms with Crippen LogP contribution in [-0.4, -0.2) is 32.7 Å². The Morgan fingerprint density at radius 2 is 2.00 bits per heavy atom. The average Bonchev–Trinajstić information content (AvgIpc) is 2.92. The van der Waals surface area contributed by atoms with Gasteiger partial charge in [0.05, 0.1) is 10.9 Å². The first-order valence-electron chi connectivity index (χ1n) is 9.24. The second-order valence-electron chi connectivity index (χ2n) is 7.13. The zero-order chi connectivity index (χ0) is 19.9. The molecule has 29 heavy (non-hydrogen) atoms. The quantitative estimate of drug-likeness (QED) is 0.724. The Kier molecular flexibility index (Phi) is 5.86. The molecule has 2 aromatic carbocycles. The highest BCUT2D eigenvalue weighted by atomic mass is 35.5. The van der Waals surface area contributed by atoms with E-state index < -0.39 is 10.0 Å². The second-order valence-corrected chi connectivity index (χ2v) is 8.78. The smallest absolute Gasteiger partial charge is 0.263 e. The van der Waals surface area contributed by atoms with E-state index in [2.05, 4.69) is 9.71 Å². The van der Waals surface area contributed by atoms with Crippen molar-refractivity contribution in [3.63, 3.8) is 0 Å². The van der Waals surface area contributed by atoms with Crippen LogP contribution in [-0.2, 0) is 21.2 Å². The first-order valence-corrected chi connectivity index (χ1v) is 10.7. The first kappa shape index (κ1) is 21.1. The van der Waals surface area contributed by atoms with Gasteiger partial charge >= 0.3 is 0 Å². The van der Waals surface area contributed by atoms with E-state index in [1.807, 2.05) is 25.1 Å². The normalized spacial score (nSPS) is 18.9. The summed E-state index contributed by atoms with van der Waals surface area (Å²) in [5.41, 5.74) is 9.18. The summed E-state index contributed by atoms with van der Waals surface area (Å²) in [6.45, 7) is 2.46. The summed E-state index contributed by atoms with van der Waals surface area (Å²) >= 11 is 0. The van der Waals surface area contributed by atoms with Gasteiger partial charge in [0.15, 0.2) is 0 Å². The van der Waals surface area contributed by atoms with Gasteiger partial charge < -0.3 is 10.6 Å². The van der Waals surface area contributed by atoms with Crippen LogP contribution in [0.2, 0.25) is 0 Å². The number of anilines is 2. The van der Waals surface area contributed by atoms with E-state index in [0.717, 1.165) is 24.1 Å². The van der Waals surface area contributed by atoms with E-state index >= 15 is 0 Å². The standard InChI is InChI=1S/C20H22N4O3S.ClH/c1-13(22-20-15-6-2-3-10-18(15)28(26,27)23-20)12-19(25)24-11-5-7-14-16(21)8-4-9-17(14)24;/h2-4,6,8-10,13H,5,7,11-12,21H2,1H3,(H,22,23);1H. The number of carbonyl (C=O) groups excluding carboxylic acids is 1. The number of aliphatic imine (C=N–C) groups is 1. The van der Waals surface area contributed by atoms with E-state index in [4.69, 9.17) is 5.73 Å². The van der Waals surface area contributed by atoms with Gasteiger partial charge in [-0.2, -0.15) is 0 Å². The predicted molar refractivity (Wildman–Crippen MR) is 116 cm³/mol. The largest absolute Gasteiger partial charge is 0.398 e. The molecular weight excluding hydrogens is 412 g/mol. The maximum atomic E-state index is 12.9. The molecule has 2 aromatic rings. The number of nitrogens with one attached hydrogen (secondary N) is 1. The van der Waals surface area contributed by atoms with Gasteiger partial charge in [-0.15, -0.1) is 12.4 Å². The van der Waals surface area contributed by atoms with Crippen molar-refractivity contribution in [2.45, 2.75) is 37.1 Å². The Balaban J connectivity index is 0.00000240. The van der Waals surface area contributed by atoms with Gasteiger partial charge in [-0.25, -0.2) is 8.42 Å². The van der Waals surface area contributed by atoms with Crippen LogP contribution < -0.4 is 15.4 Å². The summed E-state index contributed by atoms with van der Waals surface area (Å²) in [7, 11) is -3.58. The van der Waals surface area contributed by atoms with Crippen LogP contribution in [0.25, 0.3) is 0 Å². The van der Waals surface area contributed by atoms with Crippen molar-refractivity contribution in [2.75, 3.05) is 17.2 Å². The van der Waals surface area contributed by atoms with Crippen LogP contribution >= 0.6 is 12.4 Å². The van der Waals surface area contributed by atoms with Gasteiger partial charge in [-0.05, 0) is 49.6 Å². The maximum Gasteiger partial charge on any atom is 0.263 e. The molecule has 0 aliphatic carbocycles. The number of fused-ring (bicyclic) bond motifs is 2. The highest BCUT2D eigenvalue weighted by molar-refractivity contribution is 7.90. The van der Waals surface area contributed by atoms with Gasteiger partial charge in [0.25, 0.3) is 10.0 Å². The predicted octanol–water partition coefficient (Wildman–Crippen LogP) is 2.49. The summed E-state index contributed by atoms with van der Waals surface area (Å²) in [6.07, 6.45) is 1.91. The number of halogens is 1. The number of rotatable bonds is 3. The van der Waals surface area contributed by atoms with Gasteiger partial charge in [0.1, 0.15) is 5.84 Å². The fraction of sp³-hybridized carbons (Fsp3) is 0.300. The summed E-state index contributed by atoms with van der Waals surface area (Å²) in [5.74, 6) is 0.247. The summed E-state index contributed by atoms with van der Waals surface area (Å²) in [5, 5.41) is 0. The van der Waals surface area contributed by atoms with Gasteiger partial charge in [-0.1, -0.05) is 18.2 Å².